The maximum Gasteiger partial charge on any atom is 1.00 e. The van der Waals surface area contributed by atoms with Gasteiger partial charge in [0.15, 0.2) is 0 Å². The fourth-order valence-electron chi connectivity index (χ4n) is 9.26. The van der Waals surface area contributed by atoms with Crippen molar-refractivity contribution in [3.05, 3.63) is 0 Å². The first-order chi connectivity index (χ1) is 15.3. The summed E-state index contributed by atoms with van der Waals surface area (Å²) in [6, 6.07) is 0. The number of fused-ring (bicyclic) bond motifs is 5. The number of hydrogen-bond donors (Lipinski definition) is 3. The molecule has 9 atom stereocenters. The molecule has 196 valence electrons. The van der Waals surface area contributed by atoms with Crippen LogP contribution in [0.25, 0.3) is 0 Å². The smallest absolute Gasteiger partial charge is 1.00 e. The Morgan fingerprint density at radius 3 is 2.09 bits per heavy atom. The predicted octanol–water partition coefficient (Wildman–Crippen LogP) is 3.93. The third kappa shape index (κ3) is 7.02. The third-order valence-electron chi connectivity index (χ3n) is 10.8. The number of aliphatic hydroxyl groups is 1. The van der Waals surface area contributed by atoms with Crippen LogP contribution in [0.5, 0.6) is 0 Å². The minimum atomic E-state index is -4.67. The number of rotatable bonds is 5. The van der Waals surface area contributed by atoms with Gasteiger partial charge in [-0.2, -0.15) is 8.42 Å². The van der Waals surface area contributed by atoms with Crippen molar-refractivity contribution in [2.45, 2.75) is 118 Å². The van der Waals surface area contributed by atoms with Crippen LogP contribution in [0.3, 0.4) is 0 Å². The molecule has 4 rings (SSSR count). The van der Waals surface area contributed by atoms with Crippen molar-refractivity contribution in [1.82, 2.24) is 0 Å². The van der Waals surface area contributed by atoms with Crippen molar-refractivity contribution in [2.75, 3.05) is 0 Å². The summed E-state index contributed by atoms with van der Waals surface area (Å²) in [6.45, 7) is 12.7. The monoisotopic (exact) mass is 510 g/mol. The van der Waals surface area contributed by atoms with Crippen molar-refractivity contribution < 1.29 is 53.6 Å². The van der Waals surface area contributed by atoms with Crippen molar-refractivity contribution in [2.24, 2.45) is 52.3 Å². The summed E-state index contributed by atoms with van der Waals surface area (Å²) in [6.07, 6.45) is 16.6. The van der Waals surface area contributed by atoms with Gasteiger partial charge in [0, 0.05) is 0 Å². The molecule has 0 aliphatic heterocycles. The minimum Gasteiger partial charge on any atom is -1.00 e. The summed E-state index contributed by atoms with van der Waals surface area (Å²) in [5.74, 6) is 6.49. The summed E-state index contributed by atoms with van der Waals surface area (Å²) in [5.41, 5.74) is 1.15. The quantitative estimate of drug-likeness (QED) is 0.385. The van der Waals surface area contributed by atoms with Gasteiger partial charge < -0.3 is 6.53 Å². The molecule has 0 aromatic heterocycles. The summed E-state index contributed by atoms with van der Waals surface area (Å²) in [5, 5.41) is 10.3. The predicted molar refractivity (Wildman–Crippen MR) is 134 cm³/mol. The molecule has 0 aromatic carbocycles. The van der Waals surface area contributed by atoms with Gasteiger partial charge in [-0.25, -0.2) is 0 Å². The van der Waals surface area contributed by atoms with Crippen LogP contribution in [0.15, 0.2) is 0 Å². The number of aliphatic hydroxyl groups excluding tert-OH is 1. The average molecular weight is 511 g/mol. The molecule has 7 heteroatoms. The van der Waals surface area contributed by atoms with Crippen LogP contribution in [0.1, 0.15) is 113 Å². The molecule has 34 heavy (non-hydrogen) atoms. The zero-order valence-electron chi connectivity index (χ0n) is 23.7. The normalized spacial score (nSPS) is 42.4. The maximum absolute atomic E-state index is 10.3. The second-order valence-electron chi connectivity index (χ2n) is 13.1. The SMILES string of the molecule is CC(C)CCC[C@@H](C)[C@H]1CC[C@H]2[C@@H]3CCC4C[C@@H](O)CC[C@]4(C)[C@H]3CC[C@]12C.O=S(=O)(O)O.[H-].[Na+]. The maximum atomic E-state index is 10.3. The largest absolute Gasteiger partial charge is 1.00 e. The number of hydrogen-bond acceptors (Lipinski definition) is 3. The molecule has 5 nitrogen and oxygen atoms in total. The molecule has 4 aliphatic rings. The fraction of sp³-hybridized carbons (Fsp3) is 1.00. The van der Waals surface area contributed by atoms with Gasteiger partial charge in [0.2, 0.25) is 0 Å². The Morgan fingerprint density at radius 2 is 1.47 bits per heavy atom. The van der Waals surface area contributed by atoms with E-state index in [0.717, 1.165) is 54.3 Å². The van der Waals surface area contributed by atoms with Gasteiger partial charge >= 0.3 is 40.0 Å². The van der Waals surface area contributed by atoms with Gasteiger partial charge in [-0.1, -0.05) is 53.9 Å². The van der Waals surface area contributed by atoms with E-state index in [4.69, 9.17) is 17.5 Å². The molecular weight excluding hydrogens is 459 g/mol. The first kappa shape index (κ1) is 31.1. The van der Waals surface area contributed by atoms with Crippen LogP contribution in [0, 0.1) is 52.3 Å². The van der Waals surface area contributed by atoms with Crippen LogP contribution in [-0.4, -0.2) is 28.7 Å². The second kappa shape index (κ2) is 12.1. The van der Waals surface area contributed by atoms with Crippen molar-refractivity contribution in [3.63, 3.8) is 0 Å². The average Bonchev–Trinajstić information content (AvgIpc) is 3.04. The Kier molecular flexibility index (Phi) is 11.1. The molecule has 3 N–H and O–H groups in total. The van der Waals surface area contributed by atoms with Crippen molar-refractivity contribution >= 4 is 10.4 Å². The van der Waals surface area contributed by atoms with Gasteiger partial charge in [0.25, 0.3) is 0 Å². The molecule has 0 amide bonds. The first-order valence-corrected chi connectivity index (χ1v) is 15.0. The van der Waals surface area contributed by atoms with Gasteiger partial charge in [-0.15, -0.1) is 0 Å². The third-order valence-corrected chi connectivity index (χ3v) is 10.8. The topological polar surface area (TPSA) is 94.8 Å². The summed E-state index contributed by atoms with van der Waals surface area (Å²) in [4.78, 5) is 0. The molecule has 0 aromatic rings. The van der Waals surface area contributed by atoms with Crippen LogP contribution >= 0.6 is 0 Å². The Bertz CT molecular complexity index is 757. The molecule has 4 fully saturated rings. The van der Waals surface area contributed by atoms with E-state index in [9.17, 15) is 5.11 Å². The molecule has 0 saturated heterocycles. The Balaban J connectivity index is 0.000000798. The van der Waals surface area contributed by atoms with Gasteiger partial charge in [-0.3, -0.25) is 9.11 Å². The molecular formula is C27H51NaO5S. The van der Waals surface area contributed by atoms with Gasteiger partial charge in [0.05, 0.1) is 6.10 Å². The molecule has 0 bridgehead atoms. The van der Waals surface area contributed by atoms with E-state index in [1.54, 1.807) is 0 Å². The molecule has 0 spiro atoms. The van der Waals surface area contributed by atoms with Crippen molar-refractivity contribution in [3.8, 4) is 0 Å². The molecule has 4 aliphatic carbocycles. The van der Waals surface area contributed by atoms with Crippen LogP contribution < -0.4 is 29.6 Å². The molecule has 0 heterocycles. The second-order valence-corrected chi connectivity index (χ2v) is 14.0. The van der Waals surface area contributed by atoms with Crippen molar-refractivity contribution in [1.29, 1.82) is 0 Å². The van der Waals surface area contributed by atoms with E-state index >= 15 is 0 Å². The summed E-state index contributed by atoms with van der Waals surface area (Å²) < 4.78 is 31.6. The molecule has 0 radical (unpaired) electrons. The van der Waals surface area contributed by atoms with Gasteiger partial charge in [-0.05, 0) is 110 Å². The summed E-state index contributed by atoms with van der Waals surface area (Å²) >= 11 is 0. The van der Waals surface area contributed by atoms with Crippen LogP contribution in [0.4, 0.5) is 0 Å². The fourth-order valence-corrected chi connectivity index (χ4v) is 9.26. The molecule has 1 unspecified atom stereocenters. The van der Waals surface area contributed by atoms with Crippen LogP contribution in [0.2, 0.25) is 0 Å². The van der Waals surface area contributed by atoms with E-state index in [2.05, 4.69) is 34.6 Å². The van der Waals surface area contributed by atoms with E-state index in [-0.39, 0.29) is 37.1 Å². The zero-order valence-corrected chi connectivity index (χ0v) is 25.5. The molecule has 4 saturated carbocycles. The van der Waals surface area contributed by atoms with Crippen LogP contribution in [-0.2, 0) is 10.4 Å². The van der Waals surface area contributed by atoms with E-state index < -0.39 is 10.4 Å². The zero-order chi connectivity index (χ0) is 24.6. The Labute approximate surface area is 233 Å². The van der Waals surface area contributed by atoms with E-state index in [1.807, 2.05) is 0 Å². The van der Waals surface area contributed by atoms with E-state index in [0.29, 0.717) is 10.8 Å². The van der Waals surface area contributed by atoms with Gasteiger partial charge in [0.1, 0.15) is 0 Å². The summed E-state index contributed by atoms with van der Waals surface area (Å²) in [7, 11) is -4.67. The standard InChI is InChI=1S/C27H48O.Na.H2O4S.H/c1-18(2)7-6-8-19(3)23-11-12-24-22-10-9-20-17-21(28)13-15-26(20,4)25(22)14-16-27(23,24)5;;1-5(2,3)4;/h18-25,28H,6-17H2,1-5H3;;(H2,1,2,3,4);/q;+1;;-1/t19-,20?,21+,22+,23-,24+,25+,26+,27-;;;/m1.../s1. The first-order valence-electron chi connectivity index (χ1n) is 13.6. The Hall–Kier alpha value is 0.830. The Morgan fingerprint density at radius 1 is 0.882 bits per heavy atom. The van der Waals surface area contributed by atoms with E-state index in [1.165, 1.54) is 64.2 Å². The minimum absolute atomic E-state index is 0.